The number of aryl methyl sites for hydroxylation is 2. The summed E-state index contributed by atoms with van der Waals surface area (Å²) in [5, 5.41) is 0. The molecule has 0 heterocycles. The van der Waals surface area contributed by atoms with E-state index in [0.717, 1.165) is 10.6 Å². The van der Waals surface area contributed by atoms with Crippen molar-refractivity contribution in [2.45, 2.75) is 23.6 Å². The Bertz CT molecular complexity index is 638. The van der Waals surface area contributed by atoms with Gasteiger partial charge in [-0.3, -0.25) is 0 Å². The highest BCUT2D eigenvalue weighted by atomic mass is 35.5. The third-order valence-electron chi connectivity index (χ3n) is 2.82. The Hall–Kier alpha value is -1.45. The number of halogens is 1. The molecule has 0 aliphatic rings. The molecule has 0 amide bonds. The van der Waals surface area contributed by atoms with Crippen molar-refractivity contribution in [2.24, 2.45) is 10.7 Å². The summed E-state index contributed by atoms with van der Waals surface area (Å²) in [6.45, 7) is 4.22. The Kier molecular flexibility index (Phi) is 5.10. The predicted molar refractivity (Wildman–Crippen MR) is 88.5 cm³/mol. The maximum atomic E-state index is 5.73. The summed E-state index contributed by atoms with van der Waals surface area (Å²) in [5.74, 6) is 0.670. The number of amidine groups is 1. The van der Waals surface area contributed by atoms with E-state index in [2.05, 4.69) is 37.0 Å². The number of hydrogen-bond donors (Lipinski definition) is 1. The lowest BCUT2D eigenvalue weighted by Crippen LogP contribution is -2.12. The van der Waals surface area contributed by atoms with Crippen LogP contribution in [0.15, 0.2) is 57.2 Å². The molecule has 2 aromatic carbocycles. The van der Waals surface area contributed by atoms with E-state index in [1.807, 2.05) is 24.3 Å². The quantitative estimate of drug-likeness (QED) is 0.506. The molecule has 4 heteroatoms. The van der Waals surface area contributed by atoms with Gasteiger partial charge in [-0.15, -0.1) is 11.6 Å². The van der Waals surface area contributed by atoms with E-state index in [1.54, 1.807) is 11.8 Å². The first-order valence-corrected chi connectivity index (χ1v) is 7.68. The highest BCUT2D eigenvalue weighted by Crippen LogP contribution is 2.36. The molecular formula is C16H17ClN2S. The first kappa shape index (κ1) is 14.9. The molecule has 0 radical (unpaired) electrons. The van der Waals surface area contributed by atoms with E-state index in [4.69, 9.17) is 17.3 Å². The maximum Gasteiger partial charge on any atom is 0.115 e. The molecule has 2 aromatic rings. The van der Waals surface area contributed by atoms with E-state index < -0.39 is 0 Å². The third kappa shape index (κ3) is 3.78. The number of nitrogens with zero attached hydrogens (tertiary/aromatic N) is 1. The van der Waals surface area contributed by atoms with Crippen LogP contribution < -0.4 is 5.73 Å². The molecule has 0 atom stereocenters. The zero-order chi connectivity index (χ0) is 14.5. The molecule has 0 fully saturated rings. The number of para-hydroxylation sites is 1. The highest BCUT2D eigenvalue weighted by Gasteiger charge is 2.06. The lowest BCUT2D eigenvalue weighted by molar-refractivity contribution is 1.25. The zero-order valence-corrected chi connectivity index (χ0v) is 13.1. The van der Waals surface area contributed by atoms with E-state index >= 15 is 0 Å². The Labute approximate surface area is 129 Å². The topological polar surface area (TPSA) is 38.4 Å². The lowest BCUT2D eigenvalue weighted by atomic mass is 10.2. The molecule has 2 nitrogen and oxygen atoms in total. The molecule has 0 spiro atoms. The SMILES string of the molecule is Cc1ccc(Sc2ccccc2N=C(N)CCl)c(C)c1. The van der Waals surface area contributed by atoms with Crippen molar-refractivity contribution in [3.8, 4) is 0 Å². The number of aliphatic imine (C=N–C) groups is 1. The van der Waals surface area contributed by atoms with Crippen LogP contribution in [0, 0.1) is 13.8 Å². The smallest absolute Gasteiger partial charge is 0.115 e. The van der Waals surface area contributed by atoms with Crippen LogP contribution in [0.1, 0.15) is 11.1 Å². The fourth-order valence-electron chi connectivity index (χ4n) is 1.85. The summed E-state index contributed by atoms with van der Waals surface area (Å²) in [6, 6.07) is 14.4. The van der Waals surface area contributed by atoms with Crippen molar-refractivity contribution in [1.82, 2.24) is 0 Å². The molecule has 104 valence electrons. The Morgan fingerprint density at radius 1 is 1.15 bits per heavy atom. The molecule has 0 bridgehead atoms. The van der Waals surface area contributed by atoms with Gasteiger partial charge >= 0.3 is 0 Å². The summed E-state index contributed by atoms with van der Waals surface area (Å²) in [4.78, 5) is 6.66. The first-order valence-electron chi connectivity index (χ1n) is 6.33. The lowest BCUT2D eigenvalue weighted by Gasteiger charge is -2.09. The molecule has 0 aliphatic heterocycles. The minimum absolute atomic E-state index is 0.239. The van der Waals surface area contributed by atoms with E-state index in [0.29, 0.717) is 5.84 Å². The zero-order valence-electron chi connectivity index (χ0n) is 11.6. The van der Waals surface area contributed by atoms with Gasteiger partial charge in [-0.1, -0.05) is 41.6 Å². The summed E-state index contributed by atoms with van der Waals surface area (Å²) in [7, 11) is 0. The Morgan fingerprint density at radius 3 is 2.60 bits per heavy atom. The second-order valence-electron chi connectivity index (χ2n) is 4.58. The molecule has 2 N–H and O–H groups in total. The highest BCUT2D eigenvalue weighted by molar-refractivity contribution is 7.99. The van der Waals surface area contributed by atoms with Crippen LogP contribution >= 0.6 is 23.4 Å². The summed E-state index contributed by atoms with van der Waals surface area (Å²) < 4.78 is 0. The van der Waals surface area contributed by atoms with Crippen molar-refractivity contribution in [3.05, 3.63) is 53.6 Å². The van der Waals surface area contributed by atoms with Crippen molar-refractivity contribution < 1.29 is 0 Å². The Balaban J connectivity index is 2.34. The predicted octanol–water partition coefficient (Wildman–Crippen LogP) is 4.68. The number of nitrogens with two attached hydrogens (primary N) is 1. The summed E-state index contributed by atoms with van der Waals surface area (Å²) >= 11 is 7.39. The molecule has 2 rings (SSSR count). The molecule has 0 unspecified atom stereocenters. The van der Waals surface area contributed by atoms with Gasteiger partial charge in [-0.05, 0) is 37.6 Å². The largest absolute Gasteiger partial charge is 0.386 e. The molecule has 0 aromatic heterocycles. The maximum absolute atomic E-state index is 5.73. The van der Waals surface area contributed by atoms with Gasteiger partial charge in [0.25, 0.3) is 0 Å². The number of alkyl halides is 1. The minimum atomic E-state index is 0.239. The van der Waals surface area contributed by atoms with Crippen molar-refractivity contribution in [2.75, 3.05) is 5.88 Å². The van der Waals surface area contributed by atoms with Crippen molar-refractivity contribution in [3.63, 3.8) is 0 Å². The fourth-order valence-corrected chi connectivity index (χ4v) is 2.87. The van der Waals surface area contributed by atoms with Gasteiger partial charge < -0.3 is 5.73 Å². The average molecular weight is 305 g/mol. The van der Waals surface area contributed by atoms with Crippen LogP contribution in [-0.4, -0.2) is 11.7 Å². The van der Waals surface area contributed by atoms with Crippen LogP contribution in [-0.2, 0) is 0 Å². The van der Waals surface area contributed by atoms with Gasteiger partial charge in [-0.25, -0.2) is 4.99 Å². The number of benzene rings is 2. The van der Waals surface area contributed by atoms with Crippen molar-refractivity contribution >= 4 is 34.9 Å². The van der Waals surface area contributed by atoms with Crippen LogP contribution in [0.2, 0.25) is 0 Å². The van der Waals surface area contributed by atoms with Gasteiger partial charge in [0.05, 0.1) is 11.6 Å². The first-order chi connectivity index (χ1) is 9.60. The fraction of sp³-hybridized carbons (Fsp3) is 0.188. The second kappa shape index (κ2) is 6.82. The van der Waals surface area contributed by atoms with Crippen LogP contribution in [0.3, 0.4) is 0 Å². The minimum Gasteiger partial charge on any atom is -0.386 e. The van der Waals surface area contributed by atoms with E-state index in [1.165, 1.54) is 16.0 Å². The number of hydrogen-bond acceptors (Lipinski definition) is 2. The molecule has 0 saturated heterocycles. The van der Waals surface area contributed by atoms with E-state index in [-0.39, 0.29) is 5.88 Å². The third-order valence-corrected chi connectivity index (χ3v) is 4.33. The molecular weight excluding hydrogens is 288 g/mol. The normalized spacial score (nSPS) is 11.7. The summed E-state index contributed by atoms with van der Waals surface area (Å²) in [5.41, 5.74) is 9.11. The van der Waals surface area contributed by atoms with Gasteiger partial charge in [0.15, 0.2) is 0 Å². The van der Waals surface area contributed by atoms with Crippen molar-refractivity contribution in [1.29, 1.82) is 0 Å². The van der Waals surface area contributed by atoms with Crippen LogP contribution in [0.5, 0.6) is 0 Å². The summed E-state index contributed by atoms with van der Waals surface area (Å²) in [6.07, 6.45) is 0. The second-order valence-corrected chi connectivity index (χ2v) is 5.93. The molecule has 20 heavy (non-hydrogen) atoms. The molecule has 0 aliphatic carbocycles. The standard InChI is InChI=1S/C16H17ClN2S/c1-11-7-8-14(12(2)9-11)20-15-6-4-3-5-13(15)19-16(18)10-17/h3-9H,10H2,1-2H3,(H2,18,19). The van der Waals surface area contributed by atoms with Crippen LogP contribution in [0.25, 0.3) is 0 Å². The van der Waals surface area contributed by atoms with E-state index in [9.17, 15) is 0 Å². The molecule has 0 saturated carbocycles. The Morgan fingerprint density at radius 2 is 1.90 bits per heavy atom. The number of rotatable bonds is 4. The monoisotopic (exact) mass is 304 g/mol. The van der Waals surface area contributed by atoms with Gasteiger partial charge in [0, 0.05) is 9.79 Å². The van der Waals surface area contributed by atoms with Gasteiger partial charge in [0.1, 0.15) is 5.84 Å². The van der Waals surface area contributed by atoms with Crippen LogP contribution in [0.4, 0.5) is 5.69 Å². The van der Waals surface area contributed by atoms with Gasteiger partial charge in [-0.2, -0.15) is 0 Å². The van der Waals surface area contributed by atoms with Gasteiger partial charge in [0.2, 0.25) is 0 Å². The average Bonchev–Trinajstić information content (AvgIpc) is 2.43.